The molecule has 0 aliphatic heterocycles. The second-order valence-electron chi connectivity index (χ2n) is 6.43. The highest BCUT2D eigenvalue weighted by molar-refractivity contribution is 7.09. The number of para-hydroxylation sites is 1. The Labute approximate surface area is 179 Å². The lowest BCUT2D eigenvalue weighted by Gasteiger charge is -2.22. The van der Waals surface area contributed by atoms with E-state index in [0.29, 0.717) is 29.5 Å². The van der Waals surface area contributed by atoms with Gasteiger partial charge in [0.25, 0.3) is 0 Å². The molecular weight excluding hydrogens is 408 g/mol. The van der Waals surface area contributed by atoms with Gasteiger partial charge in [0.2, 0.25) is 5.91 Å². The maximum atomic E-state index is 12.8. The molecule has 0 fully saturated rings. The fourth-order valence-electron chi connectivity index (χ4n) is 3.04. The fourth-order valence-corrected chi connectivity index (χ4v) is 3.95. The van der Waals surface area contributed by atoms with Crippen molar-refractivity contribution in [2.24, 2.45) is 0 Å². The van der Waals surface area contributed by atoms with Gasteiger partial charge in [-0.05, 0) is 35.7 Å². The molecule has 0 saturated heterocycles. The Bertz CT molecular complexity index is 947. The van der Waals surface area contributed by atoms with Crippen LogP contribution in [0.4, 0.5) is 5.69 Å². The van der Waals surface area contributed by atoms with Gasteiger partial charge >= 0.3 is 0 Å². The molecule has 2 aromatic carbocycles. The summed E-state index contributed by atoms with van der Waals surface area (Å²) in [6.45, 7) is 1.46. The summed E-state index contributed by atoms with van der Waals surface area (Å²) >= 11 is 7.74. The normalized spacial score (nSPS) is 10.8. The lowest BCUT2D eigenvalue weighted by atomic mass is 10.2. The van der Waals surface area contributed by atoms with Crippen molar-refractivity contribution in [2.75, 3.05) is 26.1 Å². The molecular formula is C22H23ClN2O3S. The van der Waals surface area contributed by atoms with E-state index in [-0.39, 0.29) is 12.5 Å². The van der Waals surface area contributed by atoms with Gasteiger partial charge in [0.05, 0.1) is 26.5 Å². The maximum absolute atomic E-state index is 12.8. The molecule has 0 spiro atoms. The molecule has 3 aromatic rings. The number of amides is 1. The average Bonchev–Trinajstić information content (AvgIpc) is 3.21. The monoisotopic (exact) mass is 430 g/mol. The summed E-state index contributed by atoms with van der Waals surface area (Å²) in [5, 5.41) is 5.48. The Morgan fingerprint density at radius 1 is 1.03 bits per heavy atom. The SMILES string of the molecule is COc1ccccc1CN(CC(=O)Nc1cc(Cl)ccc1OC)Cc1cccs1. The molecule has 0 radical (unpaired) electrons. The number of hydrogen-bond donors (Lipinski definition) is 1. The Hall–Kier alpha value is -2.54. The van der Waals surface area contributed by atoms with Crippen molar-refractivity contribution < 1.29 is 14.3 Å². The molecule has 152 valence electrons. The smallest absolute Gasteiger partial charge is 0.238 e. The van der Waals surface area contributed by atoms with Gasteiger partial charge in [-0.25, -0.2) is 0 Å². The highest BCUT2D eigenvalue weighted by Gasteiger charge is 2.16. The zero-order chi connectivity index (χ0) is 20.6. The highest BCUT2D eigenvalue weighted by Crippen LogP contribution is 2.28. The molecule has 5 nitrogen and oxygen atoms in total. The number of carbonyl (C=O) groups is 1. The number of anilines is 1. The molecule has 0 bridgehead atoms. The van der Waals surface area contributed by atoms with Crippen molar-refractivity contribution in [1.29, 1.82) is 0 Å². The lowest BCUT2D eigenvalue weighted by Crippen LogP contribution is -2.32. The predicted octanol–water partition coefficient (Wildman–Crippen LogP) is 5.06. The number of thiophene rings is 1. The minimum Gasteiger partial charge on any atom is -0.496 e. The molecule has 0 unspecified atom stereocenters. The third kappa shape index (κ3) is 5.97. The van der Waals surface area contributed by atoms with Crippen LogP contribution in [0.1, 0.15) is 10.4 Å². The second kappa shape index (κ2) is 10.3. The quantitative estimate of drug-likeness (QED) is 0.515. The third-order valence-corrected chi connectivity index (χ3v) is 5.45. The van der Waals surface area contributed by atoms with Gasteiger partial charge in [0.15, 0.2) is 0 Å². The molecule has 3 rings (SSSR count). The Balaban J connectivity index is 1.75. The number of benzene rings is 2. The summed E-state index contributed by atoms with van der Waals surface area (Å²) in [5.41, 5.74) is 1.58. The summed E-state index contributed by atoms with van der Waals surface area (Å²) in [6, 6.07) is 17.1. The molecule has 1 heterocycles. The van der Waals surface area contributed by atoms with Crippen LogP contribution >= 0.6 is 22.9 Å². The molecule has 0 aliphatic rings. The molecule has 0 saturated carbocycles. The van der Waals surface area contributed by atoms with Crippen LogP contribution in [0.5, 0.6) is 11.5 Å². The van der Waals surface area contributed by atoms with Crippen LogP contribution in [0.25, 0.3) is 0 Å². The van der Waals surface area contributed by atoms with E-state index in [4.69, 9.17) is 21.1 Å². The second-order valence-corrected chi connectivity index (χ2v) is 7.90. The summed E-state index contributed by atoms with van der Waals surface area (Å²) < 4.78 is 10.8. The van der Waals surface area contributed by atoms with Crippen molar-refractivity contribution in [1.82, 2.24) is 4.90 Å². The molecule has 0 aliphatic carbocycles. The first-order valence-electron chi connectivity index (χ1n) is 9.09. The van der Waals surface area contributed by atoms with E-state index >= 15 is 0 Å². The zero-order valence-electron chi connectivity index (χ0n) is 16.4. The van der Waals surface area contributed by atoms with Crippen LogP contribution < -0.4 is 14.8 Å². The van der Waals surface area contributed by atoms with E-state index in [1.807, 2.05) is 35.7 Å². The first-order chi connectivity index (χ1) is 14.1. The number of nitrogens with zero attached hydrogens (tertiary/aromatic N) is 1. The lowest BCUT2D eigenvalue weighted by molar-refractivity contribution is -0.117. The van der Waals surface area contributed by atoms with Gasteiger partial charge in [0.1, 0.15) is 11.5 Å². The Morgan fingerprint density at radius 2 is 1.83 bits per heavy atom. The zero-order valence-corrected chi connectivity index (χ0v) is 17.9. The molecule has 7 heteroatoms. The predicted molar refractivity (Wildman–Crippen MR) is 118 cm³/mol. The molecule has 0 atom stereocenters. The number of rotatable bonds is 9. The van der Waals surface area contributed by atoms with Crippen LogP contribution in [0.15, 0.2) is 60.0 Å². The van der Waals surface area contributed by atoms with Gasteiger partial charge in [-0.15, -0.1) is 11.3 Å². The first-order valence-corrected chi connectivity index (χ1v) is 10.3. The average molecular weight is 431 g/mol. The summed E-state index contributed by atoms with van der Waals surface area (Å²) in [7, 11) is 3.21. The molecule has 1 aromatic heterocycles. The summed E-state index contributed by atoms with van der Waals surface area (Å²) in [4.78, 5) is 16.1. The minimum atomic E-state index is -0.142. The maximum Gasteiger partial charge on any atom is 0.238 e. The van der Waals surface area contributed by atoms with Crippen molar-refractivity contribution in [3.8, 4) is 11.5 Å². The van der Waals surface area contributed by atoms with E-state index in [1.54, 1.807) is 43.8 Å². The minimum absolute atomic E-state index is 0.142. The third-order valence-electron chi connectivity index (χ3n) is 4.35. The number of nitrogens with one attached hydrogen (secondary N) is 1. The Kier molecular flexibility index (Phi) is 7.52. The summed E-state index contributed by atoms with van der Waals surface area (Å²) in [6.07, 6.45) is 0. The number of ether oxygens (including phenoxy) is 2. The van der Waals surface area contributed by atoms with E-state index in [1.165, 1.54) is 4.88 Å². The highest BCUT2D eigenvalue weighted by atomic mass is 35.5. The van der Waals surface area contributed by atoms with Crippen LogP contribution in [-0.2, 0) is 17.9 Å². The van der Waals surface area contributed by atoms with Crippen LogP contribution in [0.2, 0.25) is 5.02 Å². The van der Waals surface area contributed by atoms with E-state index in [0.717, 1.165) is 11.3 Å². The van der Waals surface area contributed by atoms with Gasteiger partial charge in [0, 0.05) is 28.6 Å². The number of carbonyl (C=O) groups excluding carboxylic acids is 1. The van der Waals surface area contributed by atoms with Gasteiger partial charge in [-0.3, -0.25) is 9.69 Å². The van der Waals surface area contributed by atoms with E-state index < -0.39 is 0 Å². The van der Waals surface area contributed by atoms with Gasteiger partial charge < -0.3 is 14.8 Å². The van der Waals surface area contributed by atoms with Crippen molar-refractivity contribution in [2.45, 2.75) is 13.1 Å². The van der Waals surface area contributed by atoms with Crippen LogP contribution in [-0.4, -0.2) is 31.6 Å². The van der Waals surface area contributed by atoms with Gasteiger partial charge in [-0.2, -0.15) is 0 Å². The standard InChI is InChI=1S/C22H23ClN2O3S/c1-27-20-8-4-3-6-16(20)13-25(14-18-7-5-11-29-18)15-22(26)24-19-12-17(23)9-10-21(19)28-2/h3-12H,13-15H2,1-2H3,(H,24,26). The Morgan fingerprint density at radius 3 is 2.55 bits per heavy atom. The molecule has 1 amide bonds. The molecule has 1 N–H and O–H groups in total. The van der Waals surface area contributed by atoms with Crippen LogP contribution in [0.3, 0.4) is 0 Å². The van der Waals surface area contributed by atoms with Crippen molar-refractivity contribution in [3.63, 3.8) is 0 Å². The van der Waals surface area contributed by atoms with E-state index in [2.05, 4.69) is 16.3 Å². The molecule has 29 heavy (non-hydrogen) atoms. The van der Waals surface area contributed by atoms with E-state index in [9.17, 15) is 4.79 Å². The number of halogens is 1. The number of hydrogen-bond acceptors (Lipinski definition) is 5. The van der Waals surface area contributed by atoms with Crippen molar-refractivity contribution >= 4 is 34.5 Å². The largest absolute Gasteiger partial charge is 0.496 e. The van der Waals surface area contributed by atoms with Crippen molar-refractivity contribution in [3.05, 3.63) is 75.4 Å². The fraction of sp³-hybridized carbons (Fsp3) is 0.227. The summed E-state index contributed by atoms with van der Waals surface area (Å²) in [5.74, 6) is 1.23. The first kappa shape index (κ1) is 21.2. The topological polar surface area (TPSA) is 50.8 Å². The number of methoxy groups -OCH3 is 2. The van der Waals surface area contributed by atoms with Crippen LogP contribution in [0, 0.1) is 0 Å². The van der Waals surface area contributed by atoms with Gasteiger partial charge in [-0.1, -0.05) is 35.9 Å².